The number of carbonyl (C=O) groups excluding carboxylic acids is 1. The maximum atomic E-state index is 14.8. The van der Waals surface area contributed by atoms with E-state index in [1.165, 1.54) is 17.0 Å². The van der Waals surface area contributed by atoms with E-state index in [4.69, 9.17) is 5.11 Å². The summed E-state index contributed by atoms with van der Waals surface area (Å²) in [5.41, 5.74) is -1.43. The van der Waals surface area contributed by atoms with Gasteiger partial charge < -0.3 is 10.4 Å². The number of carboxylic acid groups (broad SMARTS) is 1. The molecule has 0 bridgehead atoms. The van der Waals surface area contributed by atoms with Gasteiger partial charge in [0.2, 0.25) is 0 Å². The number of nitrogens with one attached hydrogen (secondary N) is 1. The highest BCUT2D eigenvalue weighted by Crippen LogP contribution is 2.39. The summed E-state index contributed by atoms with van der Waals surface area (Å²) in [4.78, 5) is 28.8. The molecule has 0 radical (unpaired) electrons. The van der Waals surface area contributed by atoms with Crippen molar-refractivity contribution >= 4 is 17.7 Å². The maximum Gasteiger partial charge on any atom is 0.337 e. The molecule has 0 saturated carbocycles. The molecule has 2 fully saturated rings. The highest BCUT2D eigenvalue weighted by atomic mass is 19.1. The third kappa shape index (κ3) is 2.08. The summed E-state index contributed by atoms with van der Waals surface area (Å²) in [6.45, 7) is 2.77. The summed E-state index contributed by atoms with van der Waals surface area (Å²) in [5.74, 6) is -1.71. The van der Waals surface area contributed by atoms with Crippen LogP contribution >= 0.6 is 0 Å². The topological polar surface area (TPSA) is 82.5 Å². The fourth-order valence-electron chi connectivity index (χ4n) is 3.05. The van der Waals surface area contributed by atoms with Gasteiger partial charge in [0.25, 0.3) is 5.91 Å². The summed E-state index contributed by atoms with van der Waals surface area (Å²) in [6.07, 6.45) is 0.166. The number of carbonyl (C=O) groups is 2. The van der Waals surface area contributed by atoms with E-state index in [0.717, 1.165) is 0 Å². The molecule has 3 rings (SSSR count). The van der Waals surface area contributed by atoms with Gasteiger partial charge in [0.1, 0.15) is 5.82 Å². The fraction of sp³-hybridized carbons (Fsp3) is 0.500. The molecule has 1 aromatic heterocycles. The Bertz CT molecular complexity index is 621. The fourth-order valence-corrected chi connectivity index (χ4v) is 3.05. The van der Waals surface area contributed by atoms with E-state index in [1.54, 1.807) is 6.92 Å². The molecule has 2 N–H and O–H groups in total. The van der Waals surface area contributed by atoms with Crippen LogP contribution in [-0.4, -0.2) is 47.3 Å². The molecule has 7 heteroatoms. The second kappa shape index (κ2) is 4.77. The van der Waals surface area contributed by atoms with Crippen LogP contribution in [0, 0.1) is 12.8 Å². The quantitative estimate of drug-likeness (QED) is 0.841. The average Bonchev–Trinajstić information content (AvgIpc) is 2.71. The molecule has 2 aliphatic heterocycles. The third-order valence-corrected chi connectivity index (χ3v) is 4.29. The van der Waals surface area contributed by atoms with Gasteiger partial charge in [0, 0.05) is 25.4 Å². The van der Waals surface area contributed by atoms with Crippen LogP contribution in [0.5, 0.6) is 0 Å². The molecule has 3 heterocycles. The number of halogens is 1. The number of alkyl halides is 1. The Morgan fingerprint density at radius 2 is 2.33 bits per heavy atom. The van der Waals surface area contributed by atoms with Gasteiger partial charge in [-0.05, 0) is 25.6 Å². The molecule has 1 amide bonds. The van der Waals surface area contributed by atoms with E-state index >= 15 is 0 Å². The van der Waals surface area contributed by atoms with E-state index in [2.05, 4.69) is 10.3 Å². The first-order chi connectivity index (χ1) is 9.93. The number of anilines is 1. The first-order valence-corrected chi connectivity index (χ1v) is 6.86. The zero-order chi connectivity index (χ0) is 15.2. The number of carboxylic acids is 1. The first kappa shape index (κ1) is 13.9. The number of aryl methyl sites for hydroxylation is 1. The molecule has 2 saturated heterocycles. The lowest BCUT2D eigenvalue weighted by molar-refractivity contribution is -0.130. The average molecular weight is 293 g/mol. The molecule has 2 atom stereocenters. The van der Waals surface area contributed by atoms with E-state index in [-0.39, 0.29) is 24.4 Å². The summed E-state index contributed by atoms with van der Waals surface area (Å²) in [6, 6.07) is 2.86. The van der Waals surface area contributed by atoms with E-state index in [0.29, 0.717) is 24.6 Å². The Kier molecular flexibility index (Phi) is 3.16. The normalized spacial score (nSPS) is 28.6. The molecule has 21 heavy (non-hydrogen) atoms. The second-order valence-corrected chi connectivity index (χ2v) is 5.54. The van der Waals surface area contributed by atoms with Crippen LogP contribution in [0.1, 0.15) is 22.5 Å². The van der Waals surface area contributed by atoms with E-state index in [9.17, 15) is 14.0 Å². The monoisotopic (exact) mass is 293 g/mol. The highest BCUT2D eigenvalue weighted by molar-refractivity contribution is 6.02. The Hall–Kier alpha value is -2.02. The van der Waals surface area contributed by atoms with Crippen LogP contribution in [0.3, 0.4) is 0 Å². The predicted octanol–water partition coefficient (Wildman–Crippen LogP) is 0.753. The van der Waals surface area contributed by atoms with Crippen molar-refractivity contribution in [3.8, 4) is 0 Å². The minimum Gasteiger partial charge on any atom is -0.478 e. The molecule has 1 aromatic rings. The minimum atomic E-state index is -1.83. The molecule has 112 valence electrons. The molecular formula is C14H16FN3O3. The number of aromatic carboxylic acids is 1. The molecular weight excluding hydrogens is 277 g/mol. The Morgan fingerprint density at radius 1 is 1.57 bits per heavy atom. The van der Waals surface area contributed by atoms with Crippen molar-refractivity contribution in [3.63, 3.8) is 0 Å². The van der Waals surface area contributed by atoms with Gasteiger partial charge in [-0.2, -0.15) is 0 Å². The number of pyridine rings is 1. The number of hydrogen-bond acceptors (Lipinski definition) is 4. The van der Waals surface area contributed by atoms with Gasteiger partial charge in [0.05, 0.1) is 11.3 Å². The number of hydrogen-bond donors (Lipinski definition) is 2. The van der Waals surface area contributed by atoms with Crippen molar-refractivity contribution in [2.45, 2.75) is 19.0 Å². The number of nitrogens with zero attached hydrogens (tertiary/aromatic N) is 2. The van der Waals surface area contributed by atoms with Gasteiger partial charge in [-0.1, -0.05) is 0 Å². The van der Waals surface area contributed by atoms with Crippen LogP contribution in [0.2, 0.25) is 0 Å². The standard InChI is InChI=1S/C14H16FN3O3/c1-8-10(12(19)20)2-3-11(17-8)18-7-9-6-16-5-4-14(9,15)13(18)21/h2-3,9,16H,4-7H2,1H3,(H,19,20)/t9-,14+/m0/s1. The maximum absolute atomic E-state index is 14.8. The van der Waals surface area contributed by atoms with E-state index < -0.39 is 17.5 Å². The molecule has 2 aliphatic rings. The highest BCUT2D eigenvalue weighted by Gasteiger charge is 2.56. The molecule has 6 nitrogen and oxygen atoms in total. The number of rotatable bonds is 2. The smallest absolute Gasteiger partial charge is 0.337 e. The number of aromatic nitrogens is 1. The number of piperidine rings is 1. The number of fused-ring (bicyclic) bond motifs is 1. The third-order valence-electron chi connectivity index (χ3n) is 4.29. The number of amides is 1. The summed E-state index contributed by atoms with van der Waals surface area (Å²) in [7, 11) is 0. The van der Waals surface area contributed by atoms with Crippen molar-refractivity contribution in [2.75, 3.05) is 24.5 Å². The molecule has 0 aromatic carbocycles. The lowest BCUT2D eigenvalue weighted by Crippen LogP contribution is -2.49. The summed E-state index contributed by atoms with van der Waals surface area (Å²) < 4.78 is 14.8. The second-order valence-electron chi connectivity index (χ2n) is 5.54. The van der Waals surface area contributed by atoms with Gasteiger partial charge in [-0.3, -0.25) is 9.69 Å². The Morgan fingerprint density at radius 3 is 2.95 bits per heavy atom. The predicted molar refractivity (Wildman–Crippen MR) is 73.1 cm³/mol. The van der Waals surface area contributed by atoms with Crippen LogP contribution in [-0.2, 0) is 4.79 Å². The lowest BCUT2D eigenvalue weighted by atomic mass is 9.86. The van der Waals surface area contributed by atoms with Gasteiger partial charge in [-0.25, -0.2) is 14.2 Å². The van der Waals surface area contributed by atoms with Crippen molar-refractivity contribution in [1.82, 2.24) is 10.3 Å². The van der Waals surface area contributed by atoms with Crippen molar-refractivity contribution in [1.29, 1.82) is 0 Å². The van der Waals surface area contributed by atoms with E-state index in [1.807, 2.05) is 0 Å². The van der Waals surface area contributed by atoms with Crippen LogP contribution in [0.4, 0.5) is 10.2 Å². The molecule has 0 spiro atoms. The minimum absolute atomic E-state index is 0.0828. The van der Waals surface area contributed by atoms with Crippen molar-refractivity contribution in [2.24, 2.45) is 5.92 Å². The Labute approximate surface area is 121 Å². The first-order valence-electron chi connectivity index (χ1n) is 6.86. The lowest BCUT2D eigenvalue weighted by Gasteiger charge is -2.29. The Balaban J connectivity index is 1.93. The molecule has 0 aliphatic carbocycles. The van der Waals surface area contributed by atoms with Gasteiger partial charge >= 0.3 is 5.97 Å². The van der Waals surface area contributed by atoms with Gasteiger partial charge in [-0.15, -0.1) is 0 Å². The van der Waals surface area contributed by atoms with Crippen LogP contribution in [0.25, 0.3) is 0 Å². The zero-order valence-corrected chi connectivity index (χ0v) is 11.6. The summed E-state index contributed by atoms with van der Waals surface area (Å²) >= 11 is 0. The van der Waals surface area contributed by atoms with Crippen LogP contribution in [0.15, 0.2) is 12.1 Å². The SMILES string of the molecule is Cc1nc(N2C[C@@H]3CNCC[C@]3(F)C2=O)ccc1C(=O)O. The van der Waals surface area contributed by atoms with Crippen LogP contribution < -0.4 is 10.2 Å². The molecule has 0 unspecified atom stereocenters. The zero-order valence-electron chi connectivity index (χ0n) is 11.6. The van der Waals surface area contributed by atoms with Gasteiger partial charge in [0.15, 0.2) is 5.67 Å². The summed E-state index contributed by atoms with van der Waals surface area (Å²) in [5, 5.41) is 12.1. The van der Waals surface area contributed by atoms with Crippen molar-refractivity contribution in [3.05, 3.63) is 23.4 Å². The van der Waals surface area contributed by atoms with Crippen molar-refractivity contribution < 1.29 is 19.1 Å². The largest absolute Gasteiger partial charge is 0.478 e.